The molecule has 0 heterocycles. The van der Waals surface area contributed by atoms with Crippen LogP contribution in [-0.4, -0.2) is 33.5 Å². The number of halogens is 1. The van der Waals surface area contributed by atoms with Crippen molar-refractivity contribution in [2.75, 3.05) is 11.1 Å². The van der Waals surface area contributed by atoms with Crippen LogP contribution in [0.5, 0.6) is 0 Å². The molecule has 0 saturated carbocycles. The van der Waals surface area contributed by atoms with E-state index in [0.717, 1.165) is 0 Å². The van der Waals surface area contributed by atoms with Gasteiger partial charge in [0.15, 0.2) is 0 Å². The van der Waals surface area contributed by atoms with E-state index in [1.54, 1.807) is 38.1 Å². The minimum absolute atomic E-state index is 0.0964. The zero-order valence-corrected chi connectivity index (χ0v) is 12.8. The molecular formula is C13H17ClN2O3S. The van der Waals surface area contributed by atoms with Crippen molar-refractivity contribution in [3.05, 3.63) is 29.3 Å². The van der Waals surface area contributed by atoms with Crippen molar-refractivity contribution in [2.45, 2.75) is 24.6 Å². The van der Waals surface area contributed by atoms with Gasteiger partial charge in [-0.05, 0) is 26.0 Å². The molecule has 110 valence electrons. The number of carbonyl (C=O) groups is 2. The average Bonchev–Trinajstić information content (AvgIpc) is 2.38. The Morgan fingerprint density at radius 1 is 1.45 bits per heavy atom. The number of carbonyl (C=O) groups excluding carboxylic acids is 1. The van der Waals surface area contributed by atoms with Crippen LogP contribution in [0.4, 0.5) is 5.69 Å². The van der Waals surface area contributed by atoms with E-state index in [1.165, 1.54) is 11.8 Å². The third kappa shape index (κ3) is 4.70. The van der Waals surface area contributed by atoms with Crippen molar-refractivity contribution in [2.24, 2.45) is 5.73 Å². The van der Waals surface area contributed by atoms with Crippen molar-refractivity contribution in [3.63, 3.8) is 0 Å². The van der Waals surface area contributed by atoms with Crippen LogP contribution in [0, 0.1) is 0 Å². The van der Waals surface area contributed by atoms with E-state index in [4.69, 9.17) is 22.4 Å². The van der Waals surface area contributed by atoms with Crippen LogP contribution in [0.1, 0.15) is 13.8 Å². The van der Waals surface area contributed by atoms with Gasteiger partial charge in [-0.2, -0.15) is 0 Å². The third-order valence-corrected chi connectivity index (χ3v) is 4.47. The fourth-order valence-corrected chi connectivity index (χ4v) is 2.43. The second-order valence-electron chi connectivity index (χ2n) is 4.74. The van der Waals surface area contributed by atoms with Crippen LogP contribution in [0.2, 0.25) is 5.02 Å². The summed E-state index contributed by atoms with van der Waals surface area (Å²) in [4.78, 5) is 22.7. The van der Waals surface area contributed by atoms with Gasteiger partial charge in [0.25, 0.3) is 0 Å². The second kappa shape index (κ2) is 6.97. The number of nitrogens with two attached hydrogens (primary N) is 1. The summed E-state index contributed by atoms with van der Waals surface area (Å²) in [7, 11) is 0. The molecule has 1 atom stereocenters. The summed E-state index contributed by atoms with van der Waals surface area (Å²) in [5, 5.41) is 12.0. The second-order valence-corrected chi connectivity index (χ2v) is 6.77. The smallest absolute Gasteiger partial charge is 0.321 e. The molecule has 4 N–H and O–H groups in total. The van der Waals surface area contributed by atoms with Gasteiger partial charge in [-0.15, -0.1) is 11.8 Å². The summed E-state index contributed by atoms with van der Waals surface area (Å²) in [6.45, 7) is 3.39. The number of thioether (sulfide) groups is 1. The molecule has 0 saturated heterocycles. The predicted octanol–water partition coefficient (Wildman–Crippen LogP) is 2.20. The lowest BCUT2D eigenvalue weighted by molar-refractivity contribution is -0.139. The Bertz CT molecular complexity index is 508. The molecule has 0 fully saturated rings. The van der Waals surface area contributed by atoms with E-state index in [0.29, 0.717) is 10.7 Å². The zero-order valence-electron chi connectivity index (χ0n) is 11.2. The molecule has 1 rings (SSSR count). The summed E-state index contributed by atoms with van der Waals surface area (Å²) < 4.78 is -0.746. The van der Waals surface area contributed by atoms with E-state index >= 15 is 0 Å². The number of benzene rings is 1. The normalized spacial score (nSPS) is 12.8. The molecule has 0 aliphatic heterocycles. The first-order valence-corrected chi connectivity index (χ1v) is 7.27. The molecule has 1 amide bonds. The van der Waals surface area contributed by atoms with Crippen molar-refractivity contribution in [3.8, 4) is 0 Å². The predicted molar refractivity (Wildman–Crippen MR) is 82.2 cm³/mol. The molecule has 0 radical (unpaired) electrons. The first kappa shape index (κ1) is 16.8. The molecule has 20 heavy (non-hydrogen) atoms. The number of hydrogen-bond acceptors (Lipinski definition) is 4. The van der Waals surface area contributed by atoms with Crippen LogP contribution in [0.15, 0.2) is 24.3 Å². The highest BCUT2D eigenvalue weighted by molar-refractivity contribution is 8.01. The quantitative estimate of drug-likeness (QED) is 0.748. The highest BCUT2D eigenvalue weighted by Gasteiger charge is 2.33. The van der Waals surface area contributed by atoms with Gasteiger partial charge in [0, 0.05) is 4.75 Å². The number of para-hydroxylation sites is 1. The Morgan fingerprint density at radius 2 is 2.05 bits per heavy atom. The number of rotatable bonds is 6. The van der Waals surface area contributed by atoms with E-state index in [9.17, 15) is 9.59 Å². The Hall–Kier alpha value is -1.24. The van der Waals surface area contributed by atoms with E-state index in [1.807, 2.05) is 0 Å². The van der Waals surface area contributed by atoms with Crippen molar-refractivity contribution in [1.29, 1.82) is 0 Å². The molecule has 7 heteroatoms. The molecule has 1 aromatic carbocycles. The lowest BCUT2D eigenvalue weighted by Crippen LogP contribution is -2.47. The Labute approximate surface area is 126 Å². The Kier molecular flexibility index (Phi) is 5.86. The molecule has 0 aromatic heterocycles. The molecule has 0 bridgehead atoms. The fourth-order valence-electron chi connectivity index (χ4n) is 1.39. The maximum absolute atomic E-state index is 11.8. The average molecular weight is 317 g/mol. The summed E-state index contributed by atoms with van der Waals surface area (Å²) in [5.74, 6) is -1.25. The van der Waals surface area contributed by atoms with Gasteiger partial charge in [-0.25, -0.2) is 0 Å². The highest BCUT2D eigenvalue weighted by Crippen LogP contribution is 2.28. The lowest BCUT2D eigenvalue weighted by atomic mass is 10.1. The van der Waals surface area contributed by atoms with Crippen LogP contribution in [-0.2, 0) is 9.59 Å². The van der Waals surface area contributed by atoms with Gasteiger partial charge >= 0.3 is 5.97 Å². The van der Waals surface area contributed by atoms with E-state index in [-0.39, 0.29) is 11.7 Å². The summed E-state index contributed by atoms with van der Waals surface area (Å²) >= 11 is 7.12. The molecule has 0 aliphatic carbocycles. The largest absolute Gasteiger partial charge is 0.480 e. The molecular weight excluding hydrogens is 300 g/mol. The number of carboxylic acid groups (broad SMARTS) is 1. The van der Waals surface area contributed by atoms with Gasteiger partial charge < -0.3 is 16.2 Å². The van der Waals surface area contributed by atoms with E-state index in [2.05, 4.69) is 5.32 Å². The topological polar surface area (TPSA) is 92.4 Å². The maximum Gasteiger partial charge on any atom is 0.321 e. The minimum atomic E-state index is -1.09. The minimum Gasteiger partial charge on any atom is -0.480 e. The van der Waals surface area contributed by atoms with Crippen molar-refractivity contribution >= 4 is 40.9 Å². The number of aliphatic carboxylic acids is 1. The zero-order chi connectivity index (χ0) is 15.3. The Morgan fingerprint density at radius 3 is 2.60 bits per heavy atom. The van der Waals surface area contributed by atoms with Crippen LogP contribution < -0.4 is 11.1 Å². The number of carboxylic acids is 1. The first-order valence-electron chi connectivity index (χ1n) is 5.91. The maximum atomic E-state index is 11.8. The SMILES string of the molecule is CC(C)(SCC(=O)Nc1ccccc1Cl)[C@@H](N)C(=O)O. The first-order chi connectivity index (χ1) is 9.24. The summed E-state index contributed by atoms with van der Waals surface area (Å²) in [5.41, 5.74) is 6.11. The van der Waals surface area contributed by atoms with Gasteiger partial charge in [0.1, 0.15) is 6.04 Å². The molecule has 5 nitrogen and oxygen atoms in total. The lowest BCUT2D eigenvalue weighted by Gasteiger charge is -2.27. The molecule has 0 aliphatic rings. The van der Waals surface area contributed by atoms with E-state index < -0.39 is 16.8 Å². The monoisotopic (exact) mass is 316 g/mol. The van der Waals surface area contributed by atoms with Crippen molar-refractivity contribution in [1.82, 2.24) is 0 Å². The number of hydrogen-bond donors (Lipinski definition) is 3. The summed E-state index contributed by atoms with van der Waals surface area (Å²) in [6.07, 6.45) is 0. The molecule has 0 spiro atoms. The number of nitrogens with one attached hydrogen (secondary N) is 1. The van der Waals surface area contributed by atoms with Gasteiger partial charge in [0.2, 0.25) is 5.91 Å². The van der Waals surface area contributed by atoms with Crippen LogP contribution in [0.3, 0.4) is 0 Å². The summed E-state index contributed by atoms with van der Waals surface area (Å²) in [6, 6.07) is 5.86. The highest BCUT2D eigenvalue weighted by atomic mass is 35.5. The van der Waals surface area contributed by atoms with Gasteiger partial charge in [-0.1, -0.05) is 23.7 Å². The fraction of sp³-hybridized carbons (Fsp3) is 0.385. The van der Waals surface area contributed by atoms with Crippen LogP contribution in [0.25, 0.3) is 0 Å². The Balaban J connectivity index is 2.56. The van der Waals surface area contributed by atoms with Gasteiger partial charge in [0.05, 0.1) is 16.5 Å². The standard InChI is InChI=1S/C13H17ClN2O3S/c1-13(2,11(15)12(18)19)20-7-10(17)16-9-6-4-3-5-8(9)14/h3-6,11H,7,15H2,1-2H3,(H,16,17)(H,18,19)/t11-/m0/s1. The van der Waals surface area contributed by atoms with Crippen molar-refractivity contribution < 1.29 is 14.7 Å². The van der Waals surface area contributed by atoms with Gasteiger partial charge in [-0.3, -0.25) is 9.59 Å². The molecule has 1 aromatic rings. The molecule has 0 unspecified atom stereocenters. The van der Waals surface area contributed by atoms with Crippen LogP contribution >= 0.6 is 23.4 Å². The number of anilines is 1. The number of amides is 1. The third-order valence-electron chi connectivity index (χ3n) is 2.74.